The molecule has 0 aromatic heterocycles. The Bertz CT molecular complexity index is 436. The molecule has 0 saturated heterocycles. The molecule has 98 valence electrons. The number of hydrogen-bond acceptors (Lipinski definition) is 2. The number of benzene rings is 1. The Morgan fingerprint density at radius 1 is 1.17 bits per heavy atom. The molecule has 0 heterocycles. The van der Waals surface area contributed by atoms with E-state index in [2.05, 4.69) is 0 Å². The number of ether oxygens (including phenoxy) is 1. The van der Waals surface area contributed by atoms with Gasteiger partial charge in [0.15, 0.2) is 0 Å². The molecule has 2 fully saturated rings. The first-order valence-corrected chi connectivity index (χ1v) is 7.31. The molecule has 0 unspecified atom stereocenters. The van der Waals surface area contributed by atoms with Crippen LogP contribution in [0.25, 0.3) is 0 Å². The highest BCUT2D eigenvalue weighted by molar-refractivity contribution is 6.30. The molecule has 2 aliphatic carbocycles. The minimum Gasteiger partial charge on any atom is -0.490 e. The summed E-state index contributed by atoms with van der Waals surface area (Å²) in [6.45, 7) is 0. The Balaban J connectivity index is 1.91. The molecular formula is C15H20ClNO. The Kier molecular flexibility index (Phi) is 3.25. The van der Waals surface area contributed by atoms with Crippen LogP contribution in [0.3, 0.4) is 0 Å². The van der Waals surface area contributed by atoms with Gasteiger partial charge in [0.1, 0.15) is 5.75 Å². The van der Waals surface area contributed by atoms with Crippen LogP contribution in [0, 0.1) is 0 Å². The topological polar surface area (TPSA) is 35.2 Å². The Morgan fingerprint density at radius 3 is 2.50 bits per heavy atom. The molecule has 0 amide bonds. The molecule has 3 heteroatoms. The highest BCUT2D eigenvalue weighted by Gasteiger charge is 2.34. The van der Waals surface area contributed by atoms with Gasteiger partial charge in [-0.2, -0.15) is 0 Å². The summed E-state index contributed by atoms with van der Waals surface area (Å²) in [5.41, 5.74) is 7.43. The van der Waals surface area contributed by atoms with E-state index in [4.69, 9.17) is 22.1 Å². The molecule has 2 saturated carbocycles. The van der Waals surface area contributed by atoms with Gasteiger partial charge in [0, 0.05) is 16.1 Å². The molecule has 2 aliphatic rings. The lowest BCUT2D eigenvalue weighted by Crippen LogP contribution is -2.34. The van der Waals surface area contributed by atoms with Crippen LogP contribution in [0.2, 0.25) is 5.02 Å². The molecule has 18 heavy (non-hydrogen) atoms. The van der Waals surface area contributed by atoms with Gasteiger partial charge in [0.25, 0.3) is 0 Å². The Labute approximate surface area is 113 Å². The van der Waals surface area contributed by atoms with Crippen molar-refractivity contribution in [3.05, 3.63) is 28.8 Å². The second-order valence-corrected chi connectivity index (χ2v) is 6.11. The zero-order valence-corrected chi connectivity index (χ0v) is 11.4. The van der Waals surface area contributed by atoms with Gasteiger partial charge in [0.2, 0.25) is 0 Å². The van der Waals surface area contributed by atoms with Crippen molar-refractivity contribution in [2.75, 3.05) is 0 Å². The van der Waals surface area contributed by atoms with Gasteiger partial charge in [-0.25, -0.2) is 0 Å². The predicted molar refractivity (Wildman–Crippen MR) is 74.1 cm³/mol. The average molecular weight is 266 g/mol. The second kappa shape index (κ2) is 4.75. The molecule has 0 bridgehead atoms. The summed E-state index contributed by atoms with van der Waals surface area (Å²) < 4.78 is 6.08. The molecule has 1 aromatic carbocycles. The van der Waals surface area contributed by atoms with E-state index in [1.165, 1.54) is 32.1 Å². The summed E-state index contributed by atoms with van der Waals surface area (Å²) in [7, 11) is 0. The fourth-order valence-corrected chi connectivity index (χ4v) is 3.11. The number of rotatable bonds is 3. The SMILES string of the molecule is NC1(c2cc(Cl)ccc2OC2CCC2)CCCC1. The summed E-state index contributed by atoms with van der Waals surface area (Å²) in [5.74, 6) is 0.952. The van der Waals surface area contributed by atoms with Crippen molar-refractivity contribution in [2.24, 2.45) is 5.73 Å². The zero-order chi connectivity index (χ0) is 12.6. The third-order valence-corrected chi connectivity index (χ3v) is 4.55. The molecule has 0 aliphatic heterocycles. The van der Waals surface area contributed by atoms with Crippen LogP contribution < -0.4 is 10.5 Å². The van der Waals surface area contributed by atoms with Crippen LogP contribution in [0.4, 0.5) is 0 Å². The fraction of sp³-hybridized carbons (Fsp3) is 0.600. The minimum absolute atomic E-state index is 0.232. The standard InChI is InChI=1S/C15H20ClNO/c16-11-6-7-14(18-12-4-3-5-12)13(10-11)15(17)8-1-2-9-15/h6-7,10,12H,1-5,8-9,17H2. The van der Waals surface area contributed by atoms with Crippen molar-refractivity contribution < 1.29 is 4.74 Å². The molecular weight excluding hydrogens is 246 g/mol. The van der Waals surface area contributed by atoms with Crippen LogP contribution in [-0.4, -0.2) is 6.10 Å². The third-order valence-electron chi connectivity index (χ3n) is 4.32. The zero-order valence-electron chi connectivity index (χ0n) is 10.6. The van der Waals surface area contributed by atoms with E-state index in [1.807, 2.05) is 18.2 Å². The van der Waals surface area contributed by atoms with Gasteiger partial charge >= 0.3 is 0 Å². The fourth-order valence-electron chi connectivity index (χ4n) is 2.94. The van der Waals surface area contributed by atoms with E-state index in [9.17, 15) is 0 Å². The molecule has 2 nitrogen and oxygen atoms in total. The van der Waals surface area contributed by atoms with Crippen molar-refractivity contribution in [2.45, 2.75) is 56.6 Å². The number of nitrogens with two attached hydrogens (primary N) is 1. The monoisotopic (exact) mass is 265 g/mol. The normalized spacial score (nSPS) is 22.8. The highest BCUT2D eigenvalue weighted by Crippen LogP contribution is 2.42. The molecule has 0 radical (unpaired) electrons. The molecule has 0 atom stereocenters. The number of halogens is 1. The maximum Gasteiger partial charge on any atom is 0.124 e. The lowest BCUT2D eigenvalue weighted by atomic mass is 9.88. The first kappa shape index (κ1) is 12.3. The minimum atomic E-state index is -0.232. The first-order valence-electron chi connectivity index (χ1n) is 6.93. The van der Waals surface area contributed by atoms with E-state index < -0.39 is 0 Å². The molecule has 2 N–H and O–H groups in total. The van der Waals surface area contributed by atoms with E-state index >= 15 is 0 Å². The summed E-state index contributed by atoms with van der Waals surface area (Å²) >= 11 is 6.13. The maximum atomic E-state index is 6.55. The van der Waals surface area contributed by atoms with E-state index in [0.29, 0.717) is 6.10 Å². The average Bonchev–Trinajstić information content (AvgIpc) is 2.73. The number of hydrogen-bond donors (Lipinski definition) is 1. The summed E-state index contributed by atoms with van der Waals surface area (Å²) in [5, 5.41) is 0.752. The Morgan fingerprint density at radius 2 is 1.89 bits per heavy atom. The largest absolute Gasteiger partial charge is 0.490 e. The van der Waals surface area contributed by atoms with Gasteiger partial charge in [-0.05, 0) is 50.3 Å². The van der Waals surface area contributed by atoms with Crippen molar-refractivity contribution in [1.29, 1.82) is 0 Å². The summed E-state index contributed by atoms with van der Waals surface area (Å²) in [6, 6.07) is 5.89. The van der Waals surface area contributed by atoms with Gasteiger partial charge in [-0.15, -0.1) is 0 Å². The quantitative estimate of drug-likeness (QED) is 0.897. The molecule has 3 rings (SSSR count). The van der Waals surface area contributed by atoms with Gasteiger partial charge < -0.3 is 10.5 Å². The second-order valence-electron chi connectivity index (χ2n) is 5.67. The van der Waals surface area contributed by atoms with Crippen molar-refractivity contribution in [3.8, 4) is 5.75 Å². The van der Waals surface area contributed by atoms with Gasteiger partial charge in [-0.3, -0.25) is 0 Å². The van der Waals surface area contributed by atoms with E-state index in [0.717, 1.165) is 29.2 Å². The van der Waals surface area contributed by atoms with Crippen LogP contribution >= 0.6 is 11.6 Å². The first-order chi connectivity index (χ1) is 8.67. The van der Waals surface area contributed by atoms with Crippen molar-refractivity contribution >= 4 is 11.6 Å². The lowest BCUT2D eigenvalue weighted by Gasteiger charge is -2.31. The maximum absolute atomic E-state index is 6.55. The van der Waals surface area contributed by atoms with Crippen molar-refractivity contribution in [1.82, 2.24) is 0 Å². The lowest BCUT2D eigenvalue weighted by molar-refractivity contribution is 0.117. The smallest absolute Gasteiger partial charge is 0.124 e. The van der Waals surface area contributed by atoms with E-state index in [-0.39, 0.29) is 5.54 Å². The third kappa shape index (κ3) is 2.24. The summed E-state index contributed by atoms with van der Waals surface area (Å²) in [4.78, 5) is 0. The molecule has 0 spiro atoms. The summed E-state index contributed by atoms with van der Waals surface area (Å²) in [6.07, 6.45) is 8.47. The van der Waals surface area contributed by atoms with Crippen LogP contribution in [-0.2, 0) is 5.54 Å². The van der Waals surface area contributed by atoms with Gasteiger partial charge in [0.05, 0.1) is 6.10 Å². The molecule has 1 aromatic rings. The predicted octanol–water partition coefficient (Wildman–Crippen LogP) is 4.00. The van der Waals surface area contributed by atoms with Crippen LogP contribution in [0.15, 0.2) is 18.2 Å². The van der Waals surface area contributed by atoms with Crippen LogP contribution in [0.1, 0.15) is 50.5 Å². The van der Waals surface area contributed by atoms with Crippen molar-refractivity contribution in [3.63, 3.8) is 0 Å². The van der Waals surface area contributed by atoms with E-state index in [1.54, 1.807) is 0 Å². The van der Waals surface area contributed by atoms with Gasteiger partial charge in [-0.1, -0.05) is 24.4 Å². The van der Waals surface area contributed by atoms with Crippen LogP contribution in [0.5, 0.6) is 5.75 Å². The Hall–Kier alpha value is -0.730. The highest BCUT2D eigenvalue weighted by atomic mass is 35.5.